The zero-order valence-corrected chi connectivity index (χ0v) is 15.7. The van der Waals surface area contributed by atoms with Gasteiger partial charge in [-0.1, -0.05) is 27.7 Å². The molecule has 0 N–H and O–H groups in total. The van der Waals surface area contributed by atoms with Crippen LogP contribution in [0, 0.1) is 0 Å². The number of fused-ring (bicyclic) bond motifs is 5. The van der Waals surface area contributed by atoms with Gasteiger partial charge in [0.15, 0.2) is 0 Å². The molecule has 25 heavy (non-hydrogen) atoms. The van der Waals surface area contributed by atoms with E-state index in [-0.39, 0.29) is 10.8 Å². The first-order valence-corrected chi connectivity index (χ1v) is 9.46. The Kier molecular flexibility index (Phi) is 2.94. The molecule has 0 saturated carbocycles. The van der Waals surface area contributed by atoms with Crippen molar-refractivity contribution in [3.05, 3.63) is 46.5 Å². The van der Waals surface area contributed by atoms with Gasteiger partial charge in [-0.05, 0) is 76.6 Å². The van der Waals surface area contributed by atoms with E-state index in [1.165, 1.54) is 33.4 Å². The first kappa shape index (κ1) is 15.3. The summed E-state index contributed by atoms with van der Waals surface area (Å²) in [6.45, 7) is 11.0. The molecule has 5 rings (SSSR count). The van der Waals surface area contributed by atoms with Crippen molar-refractivity contribution in [2.75, 3.05) is 13.2 Å². The van der Waals surface area contributed by atoms with Gasteiger partial charge in [-0.25, -0.2) is 0 Å². The van der Waals surface area contributed by atoms with Crippen molar-refractivity contribution in [3.8, 4) is 22.6 Å². The van der Waals surface area contributed by atoms with Crippen molar-refractivity contribution in [1.82, 2.24) is 0 Å². The summed E-state index contributed by atoms with van der Waals surface area (Å²) in [5, 5.41) is 0. The van der Waals surface area contributed by atoms with Gasteiger partial charge in [0.25, 0.3) is 0 Å². The van der Waals surface area contributed by atoms with Crippen molar-refractivity contribution in [2.24, 2.45) is 0 Å². The molecule has 0 radical (unpaired) electrons. The highest BCUT2D eigenvalue weighted by atomic mass is 16.5. The van der Waals surface area contributed by atoms with Gasteiger partial charge in [-0.15, -0.1) is 0 Å². The number of hydrogen-bond donors (Lipinski definition) is 0. The average molecular weight is 334 g/mol. The van der Waals surface area contributed by atoms with Crippen LogP contribution in [0.2, 0.25) is 0 Å². The molecule has 3 aliphatic rings. The minimum atomic E-state index is 0.182. The van der Waals surface area contributed by atoms with Crippen LogP contribution in [0.3, 0.4) is 0 Å². The predicted octanol–water partition coefficient (Wildman–Crippen LogP) is 5.38. The summed E-state index contributed by atoms with van der Waals surface area (Å²) in [6.07, 6.45) is 3.15. The molecule has 0 unspecified atom stereocenters. The molecule has 0 fully saturated rings. The van der Waals surface area contributed by atoms with Gasteiger partial charge in [0.05, 0.1) is 13.2 Å². The maximum absolute atomic E-state index is 5.99. The second-order valence-corrected chi connectivity index (χ2v) is 9.15. The van der Waals surface area contributed by atoms with Gasteiger partial charge in [0, 0.05) is 11.1 Å². The largest absolute Gasteiger partial charge is 0.493 e. The number of ether oxygens (including phenoxy) is 2. The van der Waals surface area contributed by atoms with E-state index >= 15 is 0 Å². The van der Waals surface area contributed by atoms with Crippen LogP contribution in [0.5, 0.6) is 11.5 Å². The fraction of sp³-hybridized carbons (Fsp3) is 0.478. The van der Waals surface area contributed by atoms with Gasteiger partial charge < -0.3 is 9.47 Å². The molecule has 2 aromatic rings. The Labute approximate surface area is 150 Å². The Morgan fingerprint density at radius 2 is 1.12 bits per heavy atom. The van der Waals surface area contributed by atoms with Crippen molar-refractivity contribution in [2.45, 2.75) is 57.8 Å². The van der Waals surface area contributed by atoms with Crippen LogP contribution >= 0.6 is 0 Å². The van der Waals surface area contributed by atoms with Gasteiger partial charge in [-0.2, -0.15) is 0 Å². The lowest BCUT2D eigenvalue weighted by atomic mass is 9.77. The Balaban J connectivity index is 1.70. The molecule has 0 spiro atoms. The fourth-order valence-electron chi connectivity index (χ4n) is 4.64. The summed E-state index contributed by atoms with van der Waals surface area (Å²) in [6, 6.07) is 9.38. The smallest absolute Gasteiger partial charge is 0.123 e. The molecular formula is C23H26O2. The lowest BCUT2D eigenvalue weighted by molar-refractivity contribution is 0.233. The van der Waals surface area contributed by atoms with Gasteiger partial charge in [0.1, 0.15) is 11.5 Å². The second-order valence-electron chi connectivity index (χ2n) is 9.15. The third-order valence-corrected chi connectivity index (χ3v) is 6.51. The Morgan fingerprint density at radius 3 is 1.56 bits per heavy atom. The van der Waals surface area contributed by atoms with E-state index in [4.69, 9.17) is 9.47 Å². The van der Waals surface area contributed by atoms with E-state index in [0.717, 1.165) is 44.0 Å². The minimum Gasteiger partial charge on any atom is -0.493 e. The van der Waals surface area contributed by atoms with Crippen LogP contribution in [0.25, 0.3) is 11.1 Å². The summed E-state index contributed by atoms with van der Waals surface area (Å²) in [5.41, 5.74) is 8.67. The van der Waals surface area contributed by atoms with E-state index in [0.29, 0.717) is 0 Å². The van der Waals surface area contributed by atoms with Gasteiger partial charge >= 0.3 is 0 Å². The monoisotopic (exact) mass is 334 g/mol. The Hall–Kier alpha value is -1.96. The van der Waals surface area contributed by atoms with Crippen LogP contribution < -0.4 is 9.47 Å². The van der Waals surface area contributed by atoms with Crippen molar-refractivity contribution in [3.63, 3.8) is 0 Å². The maximum Gasteiger partial charge on any atom is 0.123 e. The molecule has 2 aliphatic heterocycles. The molecule has 130 valence electrons. The minimum absolute atomic E-state index is 0.182. The number of hydrogen-bond acceptors (Lipinski definition) is 2. The topological polar surface area (TPSA) is 18.5 Å². The molecule has 0 amide bonds. The highest BCUT2D eigenvalue weighted by Gasteiger charge is 2.34. The van der Waals surface area contributed by atoms with Crippen LogP contribution in [0.15, 0.2) is 24.3 Å². The standard InChI is InChI=1S/C23H26O2/c1-22(2)5-7-24-20-10-14-9-15-11-21-19(23(3,4)6-8-25-21)13-17(15)16(14)12-18(20)22/h10-13H,5-9H2,1-4H3. The van der Waals surface area contributed by atoms with Crippen LogP contribution in [0.1, 0.15) is 62.8 Å². The first-order chi connectivity index (χ1) is 11.9. The Bertz CT molecular complexity index is 816. The Morgan fingerprint density at radius 1 is 0.680 bits per heavy atom. The van der Waals surface area contributed by atoms with E-state index < -0.39 is 0 Å². The zero-order chi connectivity index (χ0) is 17.4. The highest BCUT2D eigenvalue weighted by Crippen LogP contribution is 2.49. The molecule has 0 bridgehead atoms. The molecule has 2 heteroatoms. The quantitative estimate of drug-likeness (QED) is 0.549. The zero-order valence-electron chi connectivity index (χ0n) is 15.7. The highest BCUT2D eigenvalue weighted by molar-refractivity contribution is 5.80. The normalized spacial score (nSPS) is 21.3. The third kappa shape index (κ3) is 2.16. The number of benzene rings is 2. The first-order valence-electron chi connectivity index (χ1n) is 9.46. The van der Waals surface area contributed by atoms with E-state index in [1.807, 2.05) is 0 Å². The summed E-state index contributed by atoms with van der Waals surface area (Å²) < 4.78 is 12.0. The predicted molar refractivity (Wildman–Crippen MR) is 101 cm³/mol. The van der Waals surface area contributed by atoms with Crippen LogP contribution in [-0.2, 0) is 17.3 Å². The molecule has 2 nitrogen and oxygen atoms in total. The molecule has 1 aliphatic carbocycles. The van der Waals surface area contributed by atoms with Crippen molar-refractivity contribution < 1.29 is 9.47 Å². The van der Waals surface area contributed by atoms with Crippen LogP contribution in [0.4, 0.5) is 0 Å². The summed E-state index contributed by atoms with van der Waals surface area (Å²) in [4.78, 5) is 0. The SMILES string of the molecule is CC1(C)CCOc2cc3c(cc21)-c1cc2c(cc1C3)OCCC2(C)C. The van der Waals surface area contributed by atoms with E-state index in [2.05, 4.69) is 52.0 Å². The second kappa shape index (κ2) is 4.81. The van der Waals surface area contributed by atoms with E-state index in [9.17, 15) is 0 Å². The van der Waals surface area contributed by atoms with Gasteiger partial charge in [0.2, 0.25) is 0 Å². The fourth-order valence-corrected chi connectivity index (χ4v) is 4.64. The molecular weight excluding hydrogens is 308 g/mol. The summed E-state index contributed by atoms with van der Waals surface area (Å²) in [7, 11) is 0. The van der Waals surface area contributed by atoms with Gasteiger partial charge in [-0.3, -0.25) is 0 Å². The van der Waals surface area contributed by atoms with Crippen LogP contribution in [-0.4, -0.2) is 13.2 Å². The molecule has 0 aromatic heterocycles. The van der Waals surface area contributed by atoms with Crippen molar-refractivity contribution >= 4 is 0 Å². The average Bonchev–Trinajstić information content (AvgIpc) is 2.88. The number of rotatable bonds is 0. The molecule has 0 atom stereocenters. The third-order valence-electron chi connectivity index (χ3n) is 6.51. The molecule has 2 aromatic carbocycles. The summed E-state index contributed by atoms with van der Waals surface area (Å²) >= 11 is 0. The molecule has 2 heterocycles. The lowest BCUT2D eigenvalue weighted by Gasteiger charge is -2.34. The van der Waals surface area contributed by atoms with E-state index in [1.54, 1.807) is 0 Å². The van der Waals surface area contributed by atoms with Crippen molar-refractivity contribution in [1.29, 1.82) is 0 Å². The maximum atomic E-state index is 5.99. The molecule has 0 saturated heterocycles. The lowest BCUT2D eigenvalue weighted by Crippen LogP contribution is -2.27. The summed E-state index contributed by atoms with van der Waals surface area (Å²) in [5.74, 6) is 2.17.